The highest BCUT2D eigenvalue weighted by Gasteiger charge is 2.19. The Morgan fingerprint density at radius 2 is 1.85 bits per heavy atom. The molecule has 0 saturated carbocycles. The lowest BCUT2D eigenvalue weighted by atomic mass is 10.1. The summed E-state index contributed by atoms with van der Waals surface area (Å²) in [4.78, 5) is 10.6. The van der Waals surface area contributed by atoms with Gasteiger partial charge < -0.3 is 9.80 Å². The number of thiazole rings is 1. The Kier molecular flexibility index (Phi) is 3.73. The molecular weight excluding hydrogens is 369 g/mol. The summed E-state index contributed by atoms with van der Waals surface area (Å²) in [6.45, 7) is 4.29. The minimum Gasteiger partial charge on any atom is -0.361 e. The smallest absolute Gasteiger partial charge is 0.152 e. The highest BCUT2D eigenvalue weighted by atomic mass is 32.1. The molecule has 0 radical (unpaired) electrons. The van der Waals surface area contributed by atoms with Crippen LogP contribution in [0.3, 0.4) is 0 Å². The number of fused-ring (bicyclic) bond motifs is 2. The molecular formula is C18H18FN5S2. The van der Waals surface area contributed by atoms with E-state index in [0.29, 0.717) is 5.52 Å². The van der Waals surface area contributed by atoms with Gasteiger partial charge in [0, 0.05) is 50.4 Å². The van der Waals surface area contributed by atoms with Crippen LogP contribution >= 0.6 is 22.7 Å². The van der Waals surface area contributed by atoms with Crippen molar-refractivity contribution < 1.29 is 4.39 Å². The van der Waals surface area contributed by atoms with Gasteiger partial charge in [0.25, 0.3) is 0 Å². The summed E-state index contributed by atoms with van der Waals surface area (Å²) < 4.78 is 17.2. The summed E-state index contributed by atoms with van der Waals surface area (Å²) in [6, 6.07) is 5.74. The fourth-order valence-electron chi connectivity index (χ4n) is 3.36. The highest BCUT2D eigenvalue weighted by Crippen LogP contribution is 2.39. The second kappa shape index (κ2) is 6.00. The first-order valence-electron chi connectivity index (χ1n) is 8.54. The molecule has 1 aliphatic heterocycles. The first kappa shape index (κ1) is 16.2. The van der Waals surface area contributed by atoms with Crippen molar-refractivity contribution in [1.82, 2.24) is 19.7 Å². The van der Waals surface area contributed by atoms with E-state index in [4.69, 9.17) is 4.98 Å². The third-order valence-corrected chi connectivity index (χ3v) is 7.09. The van der Waals surface area contributed by atoms with Crippen molar-refractivity contribution >= 4 is 48.1 Å². The number of thiophene rings is 1. The monoisotopic (exact) mass is 387 g/mol. The minimum atomic E-state index is -0.296. The van der Waals surface area contributed by atoms with E-state index in [1.54, 1.807) is 40.5 Å². The molecule has 0 aliphatic carbocycles. The van der Waals surface area contributed by atoms with Crippen LogP contribution in [0.5, 0.6) is 0 Å². The Balaban J connectivity index is 1.49. The Hall–Kier alpha value is -2.03. The van der Waals surface area contributed by atoms with Crippen LogP contribution in [-0.2, 0) is 7.05 Å². The van der Waals surface area contributed by atoms with Crippen molar-refractivity contribution in [2.45, 2.75) is 0 Å². The minimum absolute atomic E-state index is 0.296. The van der Waals surface area contributed by atoms with Crippen molar-refractivity contribution in [2.75, 3.05) is 38.1 Å². The zero-order valence-corrected chi connectivity index (χ0v) is 16.2. The fourth-order valence-corrected chi connectivity index (χ4v) is 5.61. The van der Waals surface area contributed by atoms with Crippen molar-refractivity contribution in [3.8, 4) is 10.6 Å². The molecule has 8 heteroatoms. The molecule has 0 N–H and O–H groups in total. The molecule has 0 amide bonds. The zero-order chi connectivity index (χ0) is 17.8. The normalized spacial score (nSPS) is 16.2. The van der Waals surface area contributed by atoms with E-state index in [1.807, 2.05) is 12.3 Å². The van der Waals surface area contributed by atoms with E-state index in [0.717, 1.165) is 47.0 Å². The molecule has 0 spiro atoms. The van der Waals surface area contributed by atoms with Gasteiger partial charge in [-0.15, -0.1) is 11.3 Å². The second-order valence-corrected chi connectivity index (χ2v) is 8.80. The zero-order valence-electron chi connectivity index (χ0n) is 14.6. The van der Waals surface area contributed by atoms with Crippen molar-refractivity contribution in [3.05, 3.63) is 30.2 Å². The number of hydrogen-bond acceptors (Lipinski definition) is 6. The lowest BCUT2D eigenvalue weighted by Gasteiger charge is -2.32. The van der Waals surface area contributed by atoms with E-state index >= 15 is 0 Å². The lowest BCUT2D eigenvalue weighted by molar-refractivity contribution is 0.313. The van der Waals surface area contributed by atoms with E-state index < -0.39 is 0 Å². The second-order valence-electron chi connectivity index (χ2n) is 6.76. The third-order valence-electron chi connectivity index (χ3n) is 4.81. The van der Waals surface area contributed by atoms with Crippen LogP contribution in [0.4, 0.5) is 9.39 Å². The van der Waals surface area contributed by atoms with Crippen LogP contribution < -0.4 is 4.90 Å². The van der Waals surface area contributed by atoms with Gasteiger partial charge in [0.1, 0.15) is 15.4 Å². The molecule has 1 aliphatic rings. The summed E-state index contributed by atoms with van der Waals surface area (Å²) >= 11 is 3.36. The molecule has 3 aromatic heterocycles. The van der Waals surface area contributed by atoms with Gasteiger partial charge in [-0.3, -0.25) is 4.68 Å². The maximum Gasteiger partial charge on any atom is 0.152 e. The van der Waals surface area contributed by atoms with Gasteiger partial charge in [-0.2, -0.15) is 5.10 Å². The molecule has 0 unspecified atom stereocenters. The standard InChI is InChI=1S/C18H18FN5S2/c1-22-3-5-24(6-4-22)15-9-14-18(26-15)20-17(25-14)11-7-12-10-23(2)21-16(12)13(19)8-11/h7-10H,3-6H2,1-2H3. The summed E-state index contributed by atoms with van der Waals surface area (Å²) in [7, 11) is 3.97. The molecule has 1 aromatic carbocycles. The van der Waals surface area contributed by atoms with Crippen molar-refractivity contribution in [3.63, 3.8) is 0 Å². The van der Waals surface area contributed by atoms with E-state index in [1.165, 1.54) is 9.70 Å². The van der Waals surface area contributed by atoms with E-state index in [2.05, 4.69) is 28.0 Å². The lowest BCUT2D eigenvalue weighted by Crippen LogP contribution is -2.44. The van der Waals surface area contributed by atoms with Crippen LogP contribution in [-0.4, -0.2) is 52.9 Å². The van der Waals surface area contributed by atoms with Crippen molar-refractivity contribution in [2.24, 2.45) is 7.05 Å². The first-order chi connectivity index (χ1) is 12.6. The molecule has 5 nitrogen and oxygen atoms in total. The third kappa shape index (κ3) is 2.69. The molecule has 1 saturated heterocycles. The van der Waals surface area contributed by atoms with Gasteiger partial charge >= 0.3 is 0 Å². The molecule has 0 bridgehead atoms. The van der Waals surface area contributed by atoms with E-state index in [-0.39, 0.29) is 5.82 Å². The van der Waals surface area contributed by atoms with Crippen LogP contribution in [0, 0.1) is 5.82 Å². The number of benzene rings is 1. The number of aromatic nitrogens is 3. The quantitative estimate of drug-likeness (QED) is 0.524. The van der Waals surface area contributed by atoms with Crippen LogP contribution in [0.1, 0.15) is 0 Å². The molecule has 134 valence electrons. The number of piperazine rings is 1. The van der Waals surface area contributed by atoms with Crippen molar-refractivity contribution in [1.29, 1.82) is 0 Å². The average Bonchev–Trinajstić information content (AvgIpc) is 3.27. The van der Waals surface area contributed by atoms with Gasteiger partial charge in [-0.25, -0.2) is 9.37 Å². The molecule has 4 aromatic rings. The number of rotatable bonds is 2. The van der Waals surface area contributed by atoms with Crippen LogP contribution in [0.15, 0.2) is 24.4 Å². The number of aryl methyl sites for hydroxylation is 1. The predicted octanol–water partition coefficient (Wildman–Crippen LogP) is 3.80. The predicted molar refractivity (Wildman–Crippen MR) is 107 cm³/mol. The first-order valence-corrected chi connectivity index (χ1v) is 10.2. The average molecular weight is 388 g/mol. The number of nitrogens with zero attached hydrogens (tertiary/aromatic N) is 5. The Bertz CT molecular complexity index is 1070. The summed E-state index contributed by atoms with van der Waals surface area (Å²) in [5.74, 6) is -0.296. The molecule has 26 heavy (non-hydrogen) atoms. The van der Waals surface area contributed by atoms with Gasteiger partial charge in [-0.1, -0.05) is 11.3 Å². The SMILES string of the molecule is CN1CCN(c2cc3sc(-c4cc(F)c5nn(C)cc5c4)nc3s2)CC1. The highest BCUT2D eigenvalue weighted by molar-refractivity contribution is 7.30. The molecule has 0 atom stereocenters. The molecule has 1 fully saturated rings. The molecule has 5 rings (SSSR count). The van der Waals surface area contributed by atoms with Gasteiger partial charge in [0.05, 0.1) is 9.70 Å². The fraction of sp³-hybridized carbons (Fsp3) is 0.333. The van der Waals surface area contributed by atoms with Gasteiger partial charge in [-0.05, 0) is 25.2 Å². The topological polar surface area (TPSA) is 37.2 Å². The molecule has 4 heterocycles. The van der Waals surface area contributed by atoms with Crippen LogP contribution in [0.25, 0.3) is 31.0 Å². The Morgan fingerprint density at radius 3 is 2.62 bits per heavy atom. The maximum absolute atomic E-state index is 14.4. The number of halogens is 1. The van der Waals surface area contributed by atoms with Gasteiger partial charge in [0.15, 0.2) is 5.82 Å². The number of anilines is 1. The number of likely N-dealkylation sites (N-methyl/N-ethyl adjacent to an activating group) is 1. The largest absolute Gasteiger partial charge is 0.361 e. The summed E-state index contributed by atoms with van der Waals surface area (Å²) in [5.41, 5.74) is 1.23. The summed E-state index contributed by atoms with van der Waals surface area (Å²) in [6.07, 6.45) is 1.84. The Labute approximate surface area is 158 Å². The summed E-state index contributed by atoms with van der Waals surface area (Å²) in [5, 5.41) is 7.12. The number of hydrogen-bond donors (Lipinski definition) is 0. The van der Waals surface area contributed by atoms with Gasteiger partial charge in [0.2, 0.25) is 0 Å². The maximum atomic E-state index is 14.4. The Morgan fingerprint density at radius 1 is 1.04 bits per heavy atom. The van der Waals surface area contributed by atoms with Crippen LogP contribution in [0.2, 0.25) is 0 Å². The van der Waals surface area contributed by atoms with E-state index in [9.17, 15) is 4.39 Å².